The van der Waals surface area contributed by atoms with E-state index in [1.54, 1.807) is 29.2 Å². The second-order valence-electron chi connectivity index (χ2n) is 3.92. The summed E-state index contributed by atoms with van der Waals surface area (Å²) in [5.41, 5.74) is 0.614. The molecule has 96 valence electrons. The highest BCUT2D eigenvalue weighted by molar-refractivity contribution is 8.13. The summed E-state index contributed by atoms with van der Waals surface area (Å²) in [7, 11) is 0. The summed E-state index contributed by atoms with van der Waals surface area (Å²) in [5.74, 6) is 1.49. The Morgan fingerprint density at radius 1 is 1.39 bits per heavy atom. The molecule has 0 aromatic heterocycles. The number of carbonyl (C=O) groups is 2. The Labute approximate surface area is 110 Å². The molecule has 1 fully saturated rings. The molecule has 1 aromatic rings. The van der Waals surface area contributed by atoms with E-state index in [-0.39, 0.29) is 17.6 Å². The first kappa shape index (κ1) is 13.0. The van der Waals surface area contributed by atoms with Crippen molar-refractivity contribution in [3.8, 4) is 5.75 Å². The van der Waals surface area contributed by atoms with Crippen LogP contribution in [0.2, 0.25) is 0 Å². The zero-order valence-electron chi connectivity index (χ0n) is 10.2. The second-order valence-corrected chi connectivity index (χ2v) is 4.96. The highest BCUT2D eigenvalue weighted by Crippen LogP contribution is 2.18. The Kier molecular flexibility index (Phi) is 4.25. The van der Waals surface area contributed by atoms with Crippen molar-refractivity contribution in [3.63, 3.8) is 0 Å². The first-order chi connectivity index (χ1) is 8.70. The molecule has 1 heterocycles. The van der Waals surface area contributed by atoms with Crippen molar-refractivity contribution >= 4 is 22.8 Å². The molecular formula is C13H15NO3S. The highest BCUT2D eigenvalue weighted by atomic mass is 32.2. The molecular weight excluding hydrogens is 250 g/mol. The van der Waals surface area contributed by atoms with E-state index >= 15 is 0 Å². The van der Waals surface area contributed by atoms with Crippen molar-refractivity contribution in [1.82, 2.24) is 4.90 Å². The molecule has 2 rings (SSSR count). The van der Waals surface area contributed by atoms with Gasteiger partial charge in [-0.3, -0.25) is 9.59 Å². The lowest BCUT2D eigenvalue weighted by Gasteiger charge is -2.13. The molecule has 0 unspecified atom stereocenters. The normalized spacial score (nSPS) is 14.9. The van der Waals surface area contributed by atoms with Gasteiger partial charge in [0.2, 0.25) is 0 Å². The molecule has 0 atom stereocenters. The number of hydrogen-bond donors (Lipinski definition) is 0. The Balaban J connectivity index is 1.98. The molecule has 1 aromatic carbocycles. The summed E-state index contributed by atoms with van der Waals surface area (Å²) in [6.45, 7) is 3.34. The van der Waals surface area contributed by atoms with Gasteiger partial charge in [0.25, 0.3) is 5.24 Å². The van der Waals surface area contributed by atoms with Gasteiger partial charge in [0.1, 0.15) is 5.75 Å². The minimum absolute atomic E-state index is 0.00529. The van der Waals surface area contributed by atoms with E-state index in [9.17, 15) is 9.59 Å². The number of amides is 1. The molecule has 0 aliphatic carbocycles. The lowest BCUT2D eigenvalue weighted by atomic mass is 10.1. The monoisotopic (exact) mass is 265 g/mol. The van der Waals surface area contributed by atoms with Crippen LogP contribution in [0.15, 0.2) is 24.3 Å². The van der Waals surface area contributed by atoms with Crippen LogP contribution in [0, 0.1) is 0 Å². The third kappa shape index (κ3) is 3.04. The molecule has 0 spiro atoms. The molecule has 1 amide bonds. The molecule has 0 bridgehead atoms. The smallest absolute Gasteiger partial charge is 0.282 e. The van der Waals surface area contributed by atoms with E-state index in [1.165, 1.54) is 11.8 Å². The number of rotatable bonds is 5. The zero-order valence-corrected chi connectivity index (χ0v) is 11.0. The summed E-state index contributed by atoms with van der Waals surface area (Å²) in [6.07, 6.45) is 0. The number of benzene rings is 1. The van der Waals surface area contributed by atoms with Gasteiger partial charge in [-0.1, -0.05) is 11.8 Å². The number of ether oxygens (including phenoxy) is 1. The summed E-state index contributed by atoms with van der Waals surface area (Å²) in [4.78, 5) is 25.0. The van der Waals surface area contributed by atoms with E-state index in [2.05, 4.69) is 0 Å². The molecule has 5 heteroatoms. The van der Waals surface area contributed by atoms with Crippen LogP contribution in [0.1, 0.15) is 17.3 Å². The average Bonchev–Trinajstić information content (AvgIpc) is 2.76. The van der Waals surface area contributed by atoms with E-state index in [0.29, 0.717) is 18.7 Å². The molecule has 1 saturated heterocycles. The molecule has 1 aliphatic rings. The summed E-state index contributed by atoms with van der Waals surface area (Å²) < 4.78 is 5.31. The van der Waals surface area contributed by atoms with Crippen molar-refractivity contribution in [2.75, 3.05) is 25.4 Å². The second kappa shape index (κ2) is 5.91. The fourth-order valence-corrected chi connectivity index (χ4v) is 2.56. The zero-order chi connectivity index (χ0) is 13.0. The van der Waals surface area contributed by atoms with Gasteiger partial charge in [-0.05, 0) is 31.2 Å². The Morgan fingerprint density at radius 3 is 2.67 bits per heavy atom. The van der Waals surface area contributed by atoms with Crippen molar-refractivity contribution in [3.05, 3.63) is 29.8 Å². The standard InChI is InChI=1S/C13H15NO3S/c1-2-17-11-5-3-10(4-6-11)12(15)9-14-7-8-18-13(14)16/h3-6H,2,7-9H2,1H3. The van der Waals surface area contributed by atoms with Gasteiger partial charge in [0.15, 0.2) is 5.78 Å². The molecule has 0 saturated carbocycles. The molecule has 4 nitrogen and oxygen atoms in total. The lowest BCUT2D eigenvalue weighted by Crippen LogP contribution is -2.29. The number of thioether (sulfide) groups is 1. The van der Waals surface area contributed by atoms with Crippen LogP contribution in [0.3, 0.4) is 0 Å². The van der Waals surface area contributed by atoms with E-state index < -0.39 is 0 Å². The van der Waals surface area contributed by atoms with E-state index in [1.807, 2.05) is 6.92 Å². The van der Waals surface area contributed by atoms with Gasteiger partial charge < -0.3 is 9.64 Å². The predicted molar refractivity (Wildman–Crippen MR) is 71.4 cm³/mol. The van der Waals surface area contributed by atoms with Gasteiger partial charge >= 0.3 is 0 Å². The highest BCUT2D eigenvalue weighted by Gasteiger charge is 2.23. The summed E-state index contributed by atoms with van der Waals surface area (Å²) >= 11 is 1.27. The minimum atomic E-state index is -0.0334. The van der Waals surface area contributed by atoms with Crippen molar-refractivity contribution in [1.29, 1.82) is 0 Å². The fraction of sp³-hybridized carbons (Fsp3) is 0.385. The number of nitrogens with zero attached hydrogens (tertiary/aromatic N) is 1. The molecule has 0 N–H and O–H groups in total. The van der Waals surface area contributed by atoms with Crippen molar-refractivity contribution in [2.45, 2.75) is 6.92 Å². The largest absolute Gasteiger partial charge is 0.494 e. The Bertz CT molecular complexity index is 444. The predicted octanol–water partition coefficient (Wildman–Crippen LogP) is 2.44. The lowest BCUT2D eigenvalue weighted by molar-refractivity contribution is 0.0956. The first-order valence-corrected chi connectivity index (χ1v) is 6.87. The van der Waals surface area contributed by atoms with Crippen LogP contribution in [0.5, 0.6) is 5.75 Å². The SMILES string of the molecule is CCOc1ccc(C(=O)CN2CCSC2=O)cc1. The number of Topliss-reactive ketones (excluding diaryl/α,β-unsaturated/α-hetero) is 1. The molecule has 0 radical (unpaired) electrons. The van der Waals surface area contributed by atoms with E-state index in [0.717, 1.165) is 11.5 Å². The topological polar surface area (TPSA) is 46.6 Å². The van der Waals surface area contributed by atoms with Gasteiger partial charge in [0, 0.05) is 17.9 Å². The summed E-state index contributed by atoms with van der Waals surface area (Å²) in [5, 5.41) is -0.00529. The maximum absolute atomic E-state index is 12.0. The van der Waals surface area contributed by atoms with Gasteiger partial charge in [-0.2, -0.15) is 0 Å². The maximum atomic E-state index is 12.0. The van der Waals surface area contributed by atoms with Crippen molar-refractivity contribution < 1.29 is 14.3 Å². The maximum Gasteiger partial charge on any atom is 0.282 e. The molecule has 1 aliphatic heterocycles. The van der Waals surface area contributed by atoms with Crippen molar-refractivity contribution in [2.24, 2.45) is 0 Å². The van der Waals surface area contributed by atoms with Gasteiger partial charge in [0.05, 0.1) is 13.2 Å². The number of carbonyl (C=O) groups excluding carboxylic acids is 2. The number of hydrogen-bond acceptors (Lipinski definition) is 4. The molecule has 18 heavy (non-hydrogen) atoms. The Morgan fingerprint density at radius 2 is 2.11 bits per heavy atom. The first-order valence-electron chi connectivity index (χ1n) is 5.88. The Hall–Kier alpha value is -1.49. The van der Waals surface area contributed by atoms with E-state index in [4.69, 9.17) is 4.74 Å². The van der Waals surface area contributed by atoms with Crippen LogP contribution < -0.4 is 4.74 Å². The van der Waals surface area contributed by atoms with Crippen LogP contribution in [0.4, 0.5) is 4.79 Å². The quantitative estimate of drug-likeness (QED) is 0.767. The third-order valence-electron chi connectivity index (χ3n) is 2.67. The fourth-order valence-electron chi connectivity index (χ4n) is 1.74. The number of ketones is 1. The minimum Gasteiger partial charge on any atom is -0.494 e. The van der Waals surface area contributed by atoms with Gasteiger partial charge in [-0.25, -0.2) is 0 Å². The third-order valence-corrected chi connectivity index (χ3v) is 3.56. The van der Waals surface area contributed by atoms with Crippen LogP contribution in [0.25, 0.3) is 0 Å². The average molecular weight is 265 g/mol. The van der Waals surface area contributed by atoms with Crippen LogP contribution >= 0.6 is 11.8 Å². The van der Waals surface area contributed by atoms with Gasteiger partial charge in [-0.15, -0.1) is 0 Å². The van der Waals surface area contributed by atoms with Crippen LogP contribution in [-0.2, 0) is 0 Å². The summed E-state index contributed by atoms with van der Waals surface area (Å²) in [6, 6.07) is 7.02. The van der Waals surface area contributed by atoms with Crippen LogP contribution in [-0.4, -0.2) is 41.4 Å².